The van der Waals surface area contributed by atoms with Gasteiger partial charge in [0.25, 0.3) is 0 Å². The van der Waals surface area contributed by atoms with Crippen LogP contribution >= 0.6 is 11.6 Å². The number of likely N-dealkylation sites (tertiary alicyclic amines) is 1. The van der Waals surface area contributed by atoms with Crippen LogP contribution < -0.4 is 5.32 Å². The largest absolute Gasteiger partial charge is 0.316 e. The zero-order valence-electron chi connectivity index (χ0n) is 11.4. The Balaban J connectivity index is 1.65. The summed E-state index contributed by atoms with van der Waals surface area (Å²) in [4.78, 5) is 6.98. The molecule has 2 aliphatic rings. The molecule has 1 atom stereocenters. The van der Waals surface area contributed by atoms with Crippen molar-refractivity contribution >= 4 is 11.6 Å². The number of hydrogen-bond donors (Lipinski definition) is 1. The first-order valence-electron chi connectivity index (χ1n) is 7.29. The fourth-order valence-electron chi connectivity index (χ4n) is 3.59. The Morgan fingerprint density at radius 1 is 1.37 bits per heavy atom. The molecule has 3 heterocycles. The molecule has 0 aliphatic carbocycles. The second kappa shape index (κ2) is 5.78. The van der Waals surface area contributed by atoms with Gasteiger partial charge in [0.15, 0.2) is 0 Å². The molecule has 4 heteroatoms. The maximum atomic E-state index is 6.04. The molecule has 3 rings (SSSR count). The minimum absolute atomic E-state index is 0.509. The fourth-order valence-corrected chi connectivity index (χ4v) is 3.77. The van der Waals surface area contributed by atoms with Crippen LogP contribution in [0.15, 0.2) is 18.3 Å². The summed E-state index contributed by atoms with van der Waals surface area (Å²) in [6.45, 7) is 5.70. The summed E-state index contributed by atoms with van der Waals surface area (Å²) in [7, 11) is 0. The van der Waals surface area contributed by atoms with Crippen LogP contribution in [0.5, 0.6) is 0 Å². The van der Waals surface area contributed by atoms with Gasteiger partial charge in [0.1, 0.15) is 0 Å². The molecule has 19 heavy (non-hydrogen) atoms. The normalized spacial score (nSPS) is 28.7. The minimum Gasteiger partial charge on any atom is -0.316 e. The van der Waals surface area contributed by atoms with E-state index in [4.69, 9.17) is 11.6 Å². The highest BCUT2D eigenvalue weighted by Gasteiger charge is 2.36. The molecule has 0 amide bonds. The molecule has 104 valence electrons. The lowest BCUT2D eigenvalue weighted by Gasteiger charge is -2.45. The monoisotopic (exact) mass is 279 g/mol. The Morgan fingerprint density at radius 2 is 2.26 bits per heavy atom. The molecule has 3 nitrogen and oxygen atoms in total. The smallest absolute Gasteiger partial charge is 0.0558 e. The van der Waals surface area contributed by atoms with Crippen molar-refractivity contribution in [3.8, 4) is 0 Å². The topological polar surface area (TPSA) is 28.2 Å². The second-order valence-corrected chi connectivity index (χ2v) is 6.50. The molecule has 0 saturated carbocycles. The fraction of sp³-hybridized carbons (Fsp3) is 0.667. The van der Waals surface area contributed by atoms with Crippen molar-refractivity contribution in [2.75, 3.05) is 26.2 Å². The molecule has 2 fully saturated rings. The van der Waals surface area contributed by atoms with Gasteiger partial charge >= 0.3 is 0 Å². The van der Waals surface area contributed by atoms with E-state index in [1.54, 1.807) is 6.20 Å². The van der Waals surface area contributed by atoms with Crippen molar-refractivity contribution in [3.05, 3.63) is 29.0 Å². The Bertz CT molecular complexity index is 424. The van der Waals surface area contributed by atoms with E-state index < -0.39 is 0 Å². The van der Waals surface area contributed by atoms with Gasteiger partial charge in [-0.05, 0) is 56.3 Å². The molecule has 1 aromatic heterocycles. The molecule has 1 unspecified atom stereocenters. The minimum atomic E-state index is 0.509. The number of aromatic nitrogens is 1. The molecule has 1 spiro atoms. The van der Waals surface area contributed by atoms with Crippen molar-refractivity contribution in [2.45, 2.75) is 32.2 Å². The third-order valence-electron chi connectivity index (χ3n) is 4.47. The van der Waals surface area contributed by atoms with Crippen LogP contribution in [0.3, 0.4) is 0 Å². The first kappa shape index (κ1) is 13.3. The highest BCUT2D eigenvalue weighted by Crippen LogP contribution is 2.36. The van der Waals surface area contributed by atoms with Crippen molar-refractivity contribution < 1.29 is 0 Å². The third-order valence-corrected chi connectivity index (χ3v) is 4.70. The van der Waals surface area contributed by atoms with E-state index in [1.165, 1.54) is 51.9 Å². The van der Waals surface area contributed by atoms with E-state index in [9.17, 15) is 0 Å². The molecule has 0 bridgehead atoms. The zero-order chi connectivity index (χ0) is 13.1. The van der Waals surface area contributed by atoms with Gasteiger partial charge in [-0.3, -0.25) is 9.88 Å². The van der Waals surface area contributed by atoms with E-state index in [1.807, 2.05) is 12.1 Å². The number of nitrogens with one attached hydrogen (secondary N) is 1. The SMILES string of the molecule is Clc1ccnc(CN2CCCC3(CCCNC3)C2)c1. The molecular weight excluding hydrogens is 258 g/mol. The highest BCUT2D eigenvalue weighted by molar-refractivity contribution is 6.30. The number of hydrogen-bond acceptors (Lipinski definition) is 3. The maximum absolute atomic E-state index is 6.04. The summed E-state index contributed by atoms with van der Waals surface area (Å²) >= 11 is 6.04. The van der Waals surface area contributed by atoms with E-state index >= 15 is 0 Å². The molecular formula is C15H22ClN3. The van der Waals surface area contributed by atoms with Crippen LogP contribution in [0.2, 0.25) is 5.02 Å². The van der Waals surface area contributed by atoms with Crippen LogP contribution in [0, 0.1) is 5.41 Å². The van der Waals surface area contributed by atoms with Crippen molar-refractivity contribution in [3.63, 3.8) is 0 Å². The van der Waals surface area contributed by atoms with E-state index in [-0.39, 0.29) is 0 Å². The quantitative estimate of drug-likeness (QED) is 0.902. The molecule has 1 aromatic rings. The van der Waals surface area contributed by atoms with Gasteiger partial charge in [0, 0.05) is 30.9 Å². The zero-order valence-corrected chi connectivity index (χ0v) is 12.1. The average molecular weight is 280 g/mol. The third kappa shape index (κ3) is 3.28. The van der Waals surface area contributed by atoms with Gasteiger partial charge in [-0.15, -0.1) is 0 Å². The Kier molecular flexibility index (Phi) is 4.06. The second-order valence-electron chi connectivity index (χ2n) is 6.06. The number of pyridine rings is 1. The summed E-state index contributed by atoms with van der Waals surface area (Å²) in [6, 6.07) is 3.83. The Hall–Kier alpha value is -0.640. The van der Waals surface area contributed by atoms with Gasteiger partial charge in [0.2, 0.25) is 0 Å². The molecule has 1 N–H and O–H groups in total. The van der Waals surface area contributed by atoms with Crippen LogP contribution in [0.4, 0.5) is 0 Å². The molecule has 2 aliphatic heterocycles. The summed E-state index contributed by atoms with van der Waals surface area (Å²) in [5.74, 6) is 0. The Morgan fingerprint density at radius 3 is 3.05 bits per heavy atom. The molecule has 0 aromatic carbocycles. The predicted octanol–water partition coefficient (Wildman–Crippen LogP) is 2.70. The summed E-state index contributed by atoms with van der Waals surface area (Å²) in [5, 5.41) is 4.36. The number of nitrogens with zero attached hydrogens (tertiary/aromatic N) is 2. The average Bonchev–Trinajstić information content (AvgIpc) is 2.40. The summed E-state index contributed by atoms with van der Waals surface area (Å²) in [5.41, 5.74) is 1.60. The van der Waals surface area contributed by atoms with Gasteiger partial charge in [-0.2, -0.15) is 0 Å². The lowest BCUT2D eigenvalue weighted by Crippen LogP contribution is -2.50. The van der Waals surface area contributed by atoms with Crippen LogP contribution in [-0.4, -0.2) is 36.1 Å². The van der Waals surface area contributed by atoms with Gasteiger partial charge in [-0.1, -0.05) is 11.6 Å². The van der Waals surface area contributed by atoms with Crippen molar-refractivity contribution in [1.29, 1.82) is 0 Å². The Labute approximate surface area is 120 Å². The van der Waals surface area contributed by atoms with Crippen molar-refractivity contribution in [1.82, 2.24) is 15.2 Å². The lowest BCUT2D eigenvalue weighted by atomic mass is 9.74. The van der Waals surface area contributed by atoms with Crippen molar-refractivity contribution in [2.24, 2.45) is 5.41 Å². The van der Waals surface area contributed by atoms with E-state index in [2.05, 4.69) is 15.2 Å². The van der Waals surface area contributed by atoms with Gasteiger partial charge in [-0.25, -0.2) is 0 Å². The summed E-state index contributed by atoms with van der Waals surface area (Å²) in [6.07, 6.45) is 7.18. The highest BCUT2D eigenvalue weighted by atomic mass is 35.5. The first-order valence-corrected chi connectivity index (χ1v) is 7.67. The van der Waals surface area contributed by atoms with E-state index in [0.29, 0.717) is 5.41 Å². The first-order chi connectivity index (χ1) is 9.26. The molecule has 0 radical (unpaired) electrons. The number of piperidine rings is 2. The van der Waals surface area contributed by atoms with Gasteiger partial charge < -0.3 is 5.32 Å². The number of rotatable bonds is 2. The maximum Gasteiger partial charge on any atom is 0.0558 e. The number of halogens is 1. The van der Waals surface area contributed by atoms with Crippen LogP contribution in [0.1, 0.15) is 31.4 Å². The van der Waals surface area contributed by atoms with Crippen LogP contribution in [-0.2, 0) is 6.54 Å². The van der Waals surface area contributed by atoms with Crippen LogP contribution in [0.25, 0.3) is 0 Å². The standard InChI is InChI=1S/C15H22ClN3/c16-13-3-7-18-14(9-13)10-19-8-2-5-15(12-19)4-1-6-17-11-15/h3,7,9,17H,1-2,4-6,8,10-12H2. The van der Waals surface area contributed by atoms with E-state index in [0.717, 1.165) is 17.3 Å². The summed E-state index contributed by atoms with van der Waals surface area (Å²) < 4.78 is 0. The lowest BCUT2D eigenvalue weighted by molar-refractivity contribution is 0.0593. The molecule has 2 saturated heterocycles. The predicted molar refractivity (Wildman–Crippen MR) is 78.3 cm³/mol. The van der Waals surface area contributed by atoms with Gasteiger partial charge in [0.05, 0.1) is 5.69 Å².